The molecule has 0 radical (unpaired) electrons. The van der Waals surface area contributed by atoms with Crippen LogP contribution in [-0.4, -0.2) is 20.2 Å². The van der Waals surface area contributed by atoms with E-state index in [4.69, 9.17) is 0 Å². The fraction of sp³-hybridized carbons (Fsp3) is 0.222. The van der Waals surface area contributed by atoms with Gasteiger partial charge >= 0.3 is 0 Å². The van der Waals surface area contributed by atoms with Gasteiger partial charge in [-0.1, -0.05) is 6.92 Å². The molecule has 0 saturated carbocycles. The van der Waals surface area contributed by atoms with E-state index in [1.165, 1.54) is 6.07 Å². The Kier molecular flexibility index (Phi) is 2.22. The maximum Gasteiger partial charge on any atom is 0.199 e. The number of hydrogen-bond acceptors (Lipinski definition) is 3. The molecule has 0 spiro atoms. The van der Waals surface area contributed by atoms with E-state index in [9.17, 15) is 4.39 Å². The van der Waals surface area contributed by atoms with Crippen molar-refractivity contribution in [3.8, 4) is 11.5 Å². The van der Waals surface area contributed by atoms with Gasteiger partial charge in [-0.2, -0.15) is 5.10 Å². The van der Waals surface area contributed by atoms with E-state index in [1.807, 2.05) is 6.92 Å². The van der Waals surface area contributed by atoms with E-state index in [2.05, 4.69) is 20.2 Å². The van der Waals surface area contributed by atoms with Gasteiger partial charge in [-0.25, -0.2) is 14.4 Å². The predicted molar refractivity (Wildman–Crippen MR) is 48.9 cm³/mol. The number of aromatic nitrogens is 4. The number of nitrogens with one attached hydrogen (secondary N) is 1. The Morgan fingerprint density at radius 2 is 2.29 bits per heavy atom. The van der Waals surface area contributed by atoms with Crippen LogP contribution in [0.5, 0.6) is 0 Å². The molecule has 0 aromatic carbocycles. The summed E-state index contributed by atoms with van der Waals surface area (Å²) in [5.74, 6) is 0.938. The molecule has 0 aliphatic rings. The minimum absolute atomic E-state index is 0.361. The molecule has 0 bridgehead atoms. The first-order chi connectivity index (χ1) is 6.79. The largest absolute Gasteiger partial charge is 0.263 e. The summed E-state index contributed by atoms with van der Waals surface area (Å²) >= 11 is 0. The van der Waals surface area contributed by atoms with Crippen molar-refractivity contribution in [2.24, 2.45) is 0 Å². The number of halogens is 1. The summed E-state index contributed by atoms with van der Waals surface area (Å²) in [6.45, 7) is 1.97. The Bertz CT molecular complexity index is 421. The van der Waals surface area contributed by atoms with Crippen LogP contribution in [0.25, 0.3) is 11.5 Å². The molecule has 0 fully saturated rings. The maximum atomic E-state index is 12.6. The van der Waals surface area contributed by atoms with Crippen molar-refractivity contribution in [3.63, 3.8) is 0 Å². The second-order valence-electron chi connectivity index (χ2n) is 2.82. The smallest absolute Gasteiger partial charge is 0.199 e. The molecule has 0 saturated heterocycles. The molecule has 4 nitrogen and oxygen atoms in total. The monoisotopic (exact) mass is 192 g/mol. The fourth-order valence-electron chi connectivity index (χ4n) is 1.08. The number of aryl methyl sites for hydroxylation is 1. The van der Waals surface area contributed by atoms with Gasteiger partial charge in [0.15, 0.2) is 5.82 Å². The number of hydrogen-bond donors (Lipinski definition) is 1. The molecule has 0 amide bonds. The van der Waals surface area contributed by atoms with E-state index >= 15 is 0 Å². The number of rotatable bonds is 2. The van der Waals surface area contributed by atoms with Crippen molar-refractivity contribution in [1.82, 2.24) is 20.2 Å². The molecular formula is C9H9FN4. The Morgan fingerprint density at radius 3 is 2.86 bits per heavy atom. The molecule has 72 valence electrons. The van der Waals surface area contributed by atoms with Gasteiger partial charge in [0.05, 0.1) is 6.20 Å². The number of pyridine rings is 1. The highest BCUT2D eigenvalue weighted by atomic mass is 19.1. The summed E-state index contributed by atoms with van der Waals surface area (Å²) < 4.78 is 12.6. The zero-order chi connectivity index (χ0) is 9.97. The van der Waals surface area contributed by atoms with Crippen LogP contribution in [0.15, 0.2) is 18.3 Å². The van der Waals surface area contributed by atoms with Crippen LogP contribution < -0.4 is 0 Å². The molecular weight excluding hydrogens is 183 g/mol. The Labute approximate surface area is 80.2 Å². The molecule has 14 heavy (non-hydrogen) atoms. The summed E-state index contributed by atoms with van der Waals surface area (Å²) in [6, 6.07) is 2.89. The van der Waals surface area contributed by atoms with Crippen molar-refractivity contribution < 1.29 is 4.39 Å². The third-order valence-electron chi connectivity index (χ3n) is 1.82. The highest BCUT2D eigenvalue weighted by Crippen LogP contribution is 2.11. The third-order valence-corrected chi connectivity index (χ3v) is 1.82. The first kappa shape index (κ1) is 8.80. The van der Waals surface area contributed by atoms with Gasteiger partial charge in [0.2, 0.25) is 0 Å². The normalized spacial score (nSPS) is 10.4. The fourth-order valence-corrected chi connectivity index (χ4v) is 1.08. The van der Waals surface area contributed by atoms with Gasteiger partial charge in [0, 0.05) is 6.42 Å². The van der Waals surface area contributed by atoms with Gasteiger partial charge in [-0.15, -0.1) is 0 Å². The maximum absolute atomic E-state index is 12.6. The lowest BCUT2D eigenvalue weighted by Gasteiger charge is -1.92. The lowest BCUT2D eigenvalue weighted by atomic mass is 10.3. The summed E-state index contributed by atoms with van der Waals surface area (Å²) in [5.41, 5.74) is 0.572. The van der Waals surface area contributed by atoms with Crippen molar-refractivity contribution in [1.29, 1.82) is 0 Å². The molecule has 2 rings (SSSR count). The quantitative estimate of drug-likeness (QED) is 0.785. The van der Waals surface area contributed by atoms with Gasteiger partial charge < -0.3 is 0 Å². The van der Waals surface area contributed by atoms with E-state index < -0.39 is 0 Å². The van der Waals surface area contributed by atoms with Crippen LogP contribution in [0.1, 0.15) is 12.7 Å². The van der Waals surface area contributed by atoms with Gasteiger partial charge in [-0.05, 0) is 12.1 Å². The third kappa shape index (κ3) is 1.61. The molecule has 5 heteroatoms. The molecule has 0 atom stereocenters. The van der Waals surface area contributed by atoms with Crippen molar-refractivity contribution in [3.05, 3.63) is 30.0 Å². The summed E-state index contributed by atoms with van der Waals surface area (Å²) in [7, 11) is 0. The molecule has 1 N–H and O–H groups in total. The van der Waals surface area contributed by atoms with Gasteiger partial charge in [-0.3, -0.25) is 5.10 Å². The van der Waals surface area contributed by atoms with Crippen LogP contribution in [0, 0.1) is 5.82 Å². The van der Waals surface area contributed by atoms with Gasteiger partial charge in [0.1, 0.15) is 17.3 Å². The standard InChI is InChI=1S/C9H9FN4/c1-2-8-12-9(14-13-8)7-4-3-6(10)5-11-7/h3-5H,2H2,1H3,(H,12,13,14). The van der Waals surface area contributed by atoms with E-state index in [1.54, 1.807) is 6.07 Å². The van der Waals surface area contributed by atoms with Crippen LogP contribution in [0.3, 0.4) is 0 Å². The Hall–Kier alpha value is -1.78. The summed E-state index contributed by atoms with van der Waals surface area (Å²) in [5, 5.41) is 6.74. The van der Waals surface area contributed by atoms with E-state index in [-0.39, 0.29) is 5.82 Å². The first-order valence-corrected chi connectivity index (χ1v) is 4.33. The van der Waals surface area contributed by atoms with Crippen LogP contribution >= 0.6 is 0 Å². The minimum Gasteiger partial charge on any atom is -0.263 e. The Morgan fingerprint density at radius 1 is 1.43 bits per heavy atom. The molecule has 2 aromatic rings. The van der Waals surface area contributed by atoms with Crippen LogP contribution in [-0.2, 0) is 6.42 Å². The van der Waals surface area contributed by atoms with Crippen LogP contribution in [0.4, 0.5) is 4.39 Å². The lowest BCUT2D eigenvalue weighted by Crippen LogP contribution is -1.86. The zero-order valence-electron chi connectivity index (χ0n) is 7.66. The number of nitrogens with zero attached hydrogens (tertiary/aromatic N) is 3. The highest BCUT2D eigenvalue weighted by molar-refractivity contribution is 5.47. The second-order valence-corrected chi connectivity index (χ2v) is 2.82. The lowest BCUT2D eigenvalue weighted by molar-refractivity contribution is 0.621. The molecule has 0 aliphatic carbocycles. The predicted octanol–water partition coefficient (Wildman–Crippen LogP) is 1.57. The molecule has 2 heterocycles. The second kappa shape index (κ2) is 3.53. The van der Waals surface area contributed by atoms with Gasteiger partial charge in [0.25, 0.3) is 0 Å². The van der Waals surface area contributed by atoms with Crippen molar-refractivity contribution in [2.45, 2.75) is 13.3 Å². The topological polar surface area (TPSA) is 54.5 Å². The molecule has 2 aromatic heterocycles. The summed E-state index contributed by atoms with van der Waals surface area (Å²) in [6.07, 6.45) is 1.94. The Balaban J connectivity index is 2.34. The minimum atomic E-state index is -0.361. The SMILES string of the molecule is CCc1nc(-c2ccc(F)cn2)n[nH]1. The average Bonchev–Trinajstić information content (AvgIpc) is 2.67. The molecule has 0 unspecified atom stereocenters. The van der Waals surface area contributed by atoms with E-state index in [0.29, 0.717) is 11.5 Å². The zero-order valence-corrected chi connectivity index (χ0v) is 7.66. The summed E-state index contributed by atoms with van der Waals surface area (Å²) in [4.78, 5) is 8.05. The van der Waals surface area contributed by atoms with Crippen molar-refractivity contribution in [2.75, 3.05) is 0 Å². The van der Waals surface area contributed by atoms with Crippen LogP contribution in [0.2, 0.25) is 0 Å². The highest BCUT2D eigenvalue weighted by Gasteiger charge is 2.05. The number of H-pyrrole nitrogens is 1. The average molecular weight is 192 g/mol. The molecule has 0 aliphatic heterocycles. The first-order valence-electron chi connectivity index (χ1n) is 4.33. The van der Waals surface area contributed by atoms with Crippen molar-refractivity contribution >= 4 is 0 Å². The van der Waals surface area contributed by atoms with E-state index in [0.717, 1.165) is 18.4 Å². The number of aromatic amines is 1.